The Morgan fingerprint density at radius 2 is 1.75 bits per heavy atom. The molecule has 0 aromatic heterocycles. The second-order valence-corrected chi connectivity index (χ2v) is 14.3. The van der Waals surface area contributed by atoms with Crippen LogP contribution in [-0.4, -0.2) is 53.0 Å². The number of esters is 2. The molecule has 0 spiro atoms. The summed E-state index contributed by atoms with van der Waals surface area (Å²) < 4.78 is 44.9. The number of ether oxygens (including phenoxy) is 2. The maximum absolute atomic E-state index is 17.5. The Hall–Kier alpha value is -2.60. The van der Waals surface area contributed by atoms with Gasteiger partial charge in [-0.1, -0.05) is 47.6 Å². The number of carbonyl (C=O) groups excluding carboxylic acids is 3. The number of nitrogens with zero attached hydrogens (tertiary/aromatic N) is 1. The van der Waals surface area contributed by atoms with E-state index in [0.717, 1.165) is 6.08 Å². The van der Waals surface area contributed by atoms with Gasteiger partial charge < -0.3 is 14.6 Å². The lowest BCUT2D eigenvalue weighted by atomic mass is 9.44. The van der Waals surface area contributed by atoms with Crippen LogP contribution in [0.2, 0.25) is 0 Å². The van der Waals surface area contributed by atoms with E-state index in [1.165, 1.54) is 19.1 Å². The maximum atomic E-state index is 17.5. The highest BCUT2D eigenvalue weighted by atomic mass is 19.1. The minimum absolute atomic E-state index is 0.0109. The van der Waals surface area contributed by atoms with E-state index in [0.29, 0.717) is 0 Å². The topological polar surface area (TPSA) is 114 Å². The van der Waals surface area contributed by atoms with E-state index in [4.69, 9.17) is 14.7 Å². The first kappa shape index (κ1) is 28.9. The molecule has 0 radical (unpaired) electrons. The lowest BCUT2D eigenvalue weighted by Gasteiger charge is -2.63. The molecule has 9 atom stereocenters. The molecule has 0 saturated heterocycles. The zero-order valence-electron chi connectivity index (χ0n) is 24.2. The van der Waals surface area contributed by atoms with Crippen molar-refractivity contribution in [2.75, 3.05) is 6.61 Å². The van der Waals surface area contributed by atoms with Gasteiger partial charge in [0.05, 0.1) is 12.0 Å². The molecule has 5 aliphatic rings. The summed E-state index contributed by atoms with van der Waals surface area (Å²) in [6.07, 6.45) is 0.0707. The number of alkyl halides is 2. The van der Waals surface area contributed by atoms with Crippen molar-refractivity contribution in [1.29, 1.82) is 5.26 Å². The van der Waals surface area contributed by atoms with Crippen LogP contribution < -0.4 is 0 Å². The first-order valence-electron chi connectivity index (χ1n) is 14.1. The molecule has 4 saturated carbocycles. The molecule has 0 aliphatic heterocycles. The number of aliphatic hydroxyl groups is 1. The molecule has 4 fully saturated rings. The van der Waals surface area contributed by atoms with Crippen molar-refractivity contribution in [1.82, 2.24) is 0 Å². The van der Waals surface area contributed by atoms with Gasteiger partial charge in [0, 0.05) is 22.7 Å². The summed E-state index contributed by atoms with van der Waals surface area (Å²) in [4.78, 5) is 39.7. The number of hydrogen-bond donors (Lipinski definition) is 1. The van der Waals surface area contributed by atoms with Crippen LogP contribution >= 0.6 is 0 Å². The number of nitriles is 1. The van der Waals surface area contributed by atoms with Gasteiger partial charge in [0.15, 0.2) is 18.1 Å². The van der Waals surface area contributed by atoms with Crippen molar-refractivity contribution in [3.05, 3.63) is 23.8 Å². The third-order valence-electron chi connectivity index (χ3n) is 12.3. The van der Waals surface area contributed by atoms with Gasteiger partial charge in [0.1, 0.15) is 12.2 Å². The predicted octanol–water partition coefficient (Wildman–Crippen LogP) is 4.58. The van der Waals surface area contributed by atoms with Crippen molar-refractivity contribution in [3.8, 4) is 6.07 Å². The fraction of sp³-hybridized carbons (Fsp3) is 0.742. The summed E-state index contributed by atoms with van der Waals surface area (Å²) in [5, 5.41) is 20.8. The minimum Gasteiger partial charge on any atom is -0.447 e. The lowest BCUT2D eigenvalue weighted by Crippen LogP contribution is -2.71. The molecule has 9 heteroatoms. The van der Waals surface area contributed by atoms with Gasteiger partial charge in [0.2, 0.25) is 5.60 Å². The van der Waals surface area contributed by atoms with E-state index in [1.54, 1.807) is 19.9 Å². The zero-order valence-corrected chi connectivity index (χ0v) is 24.2. The number of carbonyl (C=O) groups is 3. The summed E-state index contributed by atoms with van der Waals surface area (Å²) in [6, 6.07) is 1.77. The standard InChI is InChI=1S/C31H39F2NO6/c1-16-12-18-19-14-21(32)20-13-17(35)8-9-28(20,6)30(19,33)22(36)15-29(18,7)31(16,25(38)39-11-10-34)40-24(37)23-26(2,3)27(23,4)5/h8-9,13,16,18-19,21-23,36H,11-12,14-15H2,1-7H3/t16-,18+,19+,21+,22-,28+,29+,30+,31+/m1/s1. The molecule has 0 bridgehead atoms. The summed E-state index contributed by atoms with van der Waals surface area (Å²) in [7, 11) is 0. The van der Waals surface area contributed by atoms with E-state index in [1.807, 2.05) is 27.7 Å². The van der Waals surface area contributed by atoms with E-state index in [-0.39, 0.29) is 24.8 Å². The molecule has 0 aromatic carbocycles. The minimum atomic E-state index is -2.33. The first-order valence-corrected chi connectivity index (χ1v) is 14.1. The zero-order chi connectivity index (χ0) is 29.8. The van der Waals surface area contributed by atoms with Crippen molar-refractivity contribution in [2.45, 2.75) is 91.3 Å². The number of aliphatic hydroxyl groups excluding tert-OH is 1. The largest absolute Gasteiger partial charge is 0.447 e. The van der Waals surface area contributed by atoms with Crippen molar-refractivity contribution in [2.24, 2.45) is 45.3 Å². The first-order chi connectivity index (χ1) is 18.4. The second kappa shape index (κ2) is 8.47. The fourth-order valence-electron chi connectivity index (χ4n) is 9.43. The number of ketones is 1. The SMILES string of the molecule is C[C@@H]1C[C@H]2[C@@H]3C[C@H](F)C4=CC(=O)C=C[C@]4(C)[C@@]3(F)[C@H](O)C[C@]2(C)[C@@]1(OC(=O)C1C(C)(C)C1(C)C)C(=O)OCC#N. The summed E-state index contributed by atoms with van der Waals surface area (Å²) in [5.74, 6) is -4.80. The fourth-order valence-corrected chi connectivity index (χ4v) is 9.43. The van der Waals surface area contributed by atoms with E-state index in [2.05, 4.69) is 0 Å². The van der Waals surface area contributed by atoms with Crippen LogP contribution in [0, 0.1) is 56.7 Å². The Bertz CT molecular complexity index is 1270. The second-order valence-electron chi connectivity index (χ2n) is 14.3. The molecule has 0 aromatic rings. The Morgan fingerprint density at radius 1 is 1.12 bits per heavy atom. The van der Waals surface area contributed by atoms with Crippen molar-refractivity contribution >= 4 is 17.7 Å². The van der Waals surface area contributed by atoms with E-state index < -0.39 is 93.2 Å². The quantitative estimate of drug-likeness (QED) is 0.502. The monoisotopic (exact) mass is 559 g/mol. The molecule has 40 heavy (non-hydrogen) atoms. The molecule has 218 valence electrons. The molecule has 0 amide bonds. The van der Waals surface area contributed by atoms with Crippen LogP contribution in [0.3, 0.4) is 0 Å². The smallest absolute Gasteiger partial charge is 0.352 e. The van der Waals surface area contributed by atoms with Crippen LogP contribution in [0.15, 0.2) is 23.8 Å². The summed E-state index contributed by atoms with van der Waals surface area (Å²) in [6.45, 7) is 12.1. The molecule has 1 N–H and O–H groups in total. The maximum Gasteiger partial charge on any atom is 0.352 e. The van der Waals surface area contributed by atoms with Crippen molar-refractivity contribution in [3.63, 3.8) is 0 Å². The van der Waals surface area contributed by atoms with Gasteiger partial charge in [-0.2, -0.15) is 5.26 Å². The number of halogens is 2. The Kier molecular flexibility index (Phi) is 6.12. The van der Waals surface area contributed by atoms with E-state index in [9.17, 15) is 19.5 Å². The van der Waals surface area contributed by atoms with Gasteiger partial charge in [-0.25, -0.2) is 13.6 Å². The molecule has 7 nitrogen and oxygen atoms in total. The average Bonchev–Trinajstić information content (AvgIpc) is 3.17. The number of rotatable bonds is 4. The summed E-state index contributed by atoms with van der Waals surface area (Å²) >= 11 is 0. The Balaban J connectivity index is 1.62. The van der Waals surface area contributed by atoms with Gasteiger partial charge >= 0.3 is 11.9 Å². The van der Waals surface area contributed by atoms with Gasteiger partial charge in [-0.15, -0.1) is 0 Å². The molecule has 0 heterocycles. The molecule has 0 unspecified atom stereocenters. The van der Waals surface area contributed by atoms with E-state index >= 15 is 8.78 Å². The average molecular weight is 560 g/mol. The highest BCUT2D eigenvalue weighted by Gasteiger charge is 2.80. The Morgan fingerprint density at radius 3 is 2.33 bits per heavy atom. The lowest BCUT2D eigenvalue weighted by molar-refractivity contribution is -0.239. The van der Waals surface area contributed by atoms with Crippen LogP contribution in [0.1, 0.15) is 67.7 Å². The molecular weight excluding hydrogens is 520 g/mol. The van der Waals surface area contributed by atoms with Crippen LogP contribution in [0.5, 0.6) is 0 Å². The van der Waals surface area contributed by atoms with Crippen LogP contribution in [-0.2, 0) is 23.9 Å². The third kappa shape index (κ3) is 3.20. The highest BCUT2D eigenvalue weighted by molar-refractivity contribution is 6.01. The van der Waals surface area contributed by atoms with Crippen molar-refractivity contribution < 1.29 is 37.7 Å². The number of hydrogen-bond acceptors (Lipinski definition) is 7. The molecule has 5 aliphatic carbocycles. The normalized spacial score (nSPS) is 46.3. The molecular formula is C31H39F2NO6. The highest BCUT2D eigenvalue weighted by Crippen LogP contribution is 2.73. The van der Waals surface area contributed by atoms with Gasteiger partial charge in [0.25, 0.3) is 0 Å². The van der Waals surface area contributed by atoms with Crippen LogP contribution in [0.25, 0.3) is 0 Å². The molecule has 5 rings (SSSR count). The van der Waals surface area contributed by atoms with Crippen LogP contribution in [0.4, 0.5) is 8.78 Å². The number of fused-ring (bicyclic) bond motifs is 5. The Labute approximate surface area is 234 Å². The van der Waals surface area contributed by atoms with Gasteiger partial charge in [-0.05, 0) is 60.7 Å². The number of allylic oxidation sites excluding steroid dienone is 4. The summed E-state index contributed by atoms with van der Waals surface area (Å²) in [5.41, 5.74) is -7.91. The third-order valence-corrected chi connectivity index (χ3v) is 12.3. The predicted molar refractivity (Wildman–Crippen MR) is 140 cm³/mol. The van der Waals surface area contributed by atoms with Gasteiger partial charge in [-0.3, -0.25) is 9.59 Å².